The number of imide groups is 1. The van der Waals surface area contributed by atoms with Crippen molar-refractivity contribution >= 4 is 58.7 Å². The first-order valence-electron chi connectivity index (χ1n) is 10.8. The third-order valence-electron chi connectivity index (χ3n) is 6.54. The van der Waals surface area contributed by atoms with Crippen molar-refractivity contribution in [3.63, 3.8) is 0 Å². The summed E-state index contributed by atoms with van der Waals surface area (Å²) in [6, 6.07) is 4.82. The molecule has 3 amide bonds. The molecule has 0 saturated carbocycles. The quantitative estimate of drug-likeness (QED) is 0.252. The van der Waals surface area contributed by atoms with E-state index < -0.39 is 58.3 Å². The van der Waals surface area contributed by atoms with E-state index in [1.165, 1.54) is 4.90 Å². The minimum absolute atomic E-state index is 0.0817. The molecule has 0 unspecified atom stereocenters. The van der Waals surface area contributed by atoms with Gasteiger partial charge in [-0.15, -0.1) is 0 Å². The fourth-order valence-corrected chi connectivity index (χ4v) is 5.27. The molecule has 1 aromatic rings. The Morgan fingerprint density at radius 1 is 1.25 bits per heavy atom. The summed E-state index contributed by atoms with van der Waals surface area (Å²) in [5, 5.41) is 30.2. The summed E-state index contributed by atoms with van der Waals surface area (Å²) in [5.74, 6) is -0.742. The van der Waals surface area contributed by atoms with Gasteiger partial charge in [-0.1, -0.05) is 53.5 Å². The molecule has 0 bridgehead atoms. The number of aliphatic imine (C=N–C) groups is 1. The van der Waals surface area contributed by atoms with Crippen LogP contribution >= 0.6 is 34.8 Å². The Labute approximate surface area is 219 Å². The highest BCUT2D eigenvalue weighted by Gasteiger charge is 2.66. The van der Waals surface area contributed by atoms with Crippen LogP contribution in [0.25, 0.3) is 0 Å². The number of amides is 3. The Kier molecular flexibility index (Phi) is 5.99. The summed E-state index contributed by atoms with van der Waals surface area (Å²) in [6.07, 6.45) is -3.59. The molecule has 4 aliphatic heterocycles. The standard InChI is InChI=1S/C21H21Cl3N6O6/c1-9-25-14-12(6-29-16(33)10-4-2-3-5-11(10)17(29)34)26-18(27-19(35)36-8-20(22,23)24)30-7-13(31)15(32)21(14,30)28-9/h2-5,12-15,25,28,31-32H,1,6-8H2,(H,26,27,35)/t12-,13-,14-,15-,21-/m0/s1. The van der Waals surface area contributed by atoms with Gasteiger partial charge in [-0.3, -0.25) is 19.8 Å². The van der Waals surface area contributed by atoms with Gasteiger partial charge in [0.2, 0.25) is 9.75 Å². The first kappa shape index (κ1) is 24.9. The maximum Gasteiger partial charge on any atom is 0.414 e. The number of halogens is 3. The lowest BCUT2D eigenvalue weighted by Crippen LogP contribution is -2.73. The number of rotatable bonds is 3. The van der Waals surface area contributed by atoms with Crippen molar-refractivity contribution in [3.05, 3.63) is 47.8 Å². The number of hydrogen-bond acceptors (Lipinski definition) is 10. The van der Waals surface area contributed by atoms with Crippen LogP contribution in [0.15, 0.2) is 41.7 Å². The molecule has 192 valence electrons. The largest absolute Gasteiger partial charge is 0.445 e. The SMILES string of the molecule is C=C1N[C@H]2[C@H](CN3C(=O)c4ccccc4C3=O)N=C(NC(=O)OCC(Cl)(Cl)Cl)N3C[C@H](O)[C@H](O)[C@]23N1. The van der Waals surface area contributed by atoms with Gasteiger partial charge in [0, 0.05) is 0 Å². The summed E-state index contributed by atoms with van der Waals surface area (Å²) in [5.41, 5.74) is -0.865. The normalized spacial score (nSPS) is 30.8. The van der Waals surface area contributed by atoms with E-state index in [1.807, 2.05) is 0 Å². The molecule has 4 aliphatic rings. The molecule has 15 heteroatoms. The summed E-state index contributed by atoms with van der Waals surface area (Å²) in [6.45, 7) is 3.02. The van der Waals surface area contributed by atoms with E-state index in [2.05, 4.69) is 27.5 Å². The fraction of sp³-hybridized carbons (Fsp3) is 0.429. The van der Waals surface area contributed by atoms with Crippen molar-refractivity contribution < 1.29 is 29.3 Å². The van der Waals surface area contributed by atoms with E-state index in [9.17, 15) is 24.6 Å². The number of alkyl halides is 3. The number of carbonyl (C=O) groups excluding carboxylic acids is 3. The van der Waals surface area contributed by atoms with Crippen LogP contribution in [-0.2, 0) is 4.74 Å². The molecule has 0 aromatic heterocycles. The van der Waals surface area contributed by atoms with Gasteiger partial charge >= 0.3 is 6.09 Å². The van der Waals surface area contributed by atoms with Gasteiger partial charge in [0.05, 0.1) is 42.1 Å². The third kappa shape index (κ3) is 3.93. The number of guanidine groups is 1. The number of hydrogen-bond donors (Lipinski definition) is 5. The predicted molar refractivity (Wildman–Crippen MR) is 128 cm³/mol. The van der Waals surface area contributed by atoms with Gasteiger partial charge in [0.25, 0.3) is 11.8 Å². The molecular weight excluding hydrogens is 539 g/mol. The molecule has 5 rings (SSSR count). The highest BCUT2D eigenvalue weighted by Crippen LogP contribution is 2.40. The van der Waals surface area contributed by atoms with Crippen LogP contribution < -0.4 is 16.0 Å². The lowest BCUT2D eigenvalue weighted by molar-refractivity contribution is -0.0223. The molecule has 0 radical (unpaired) electrons. The molecule has 0 aliphatic carbocycles. The monoisotopic (exact) mass is 558 g/mol. The van der Waals surface area contributed by atoms with Crippen LogP contribution in [0.4, 0.5) is 4.79 Å². The number of carbonyl (C=O) groups is 3. The zero-order valence-electron chi connectivity index (χ0n) is 18.5. The first-order valence-corrected chi connectivity index (χ1v) is 12.0. The fourth-order valence-electron chi connectivity index (χ4n) is 5.10. The van der Waals surface area contributed by atoms with Gasteiger partial charge in [-0.25, -0.2) is 9.79 Å². The molecule has 1 aromatic carbocycles. The number of benzene rings is 1. The van der Waals surface area contributed by atoms with E-state index in [4.69, 9.17) is 39.5 Å². The summed E-state index contributed by atoms with van der Waals surface area (Å²) >= 11 is 16.9. The molecule has 1 spiro atoms. The second-order valence-electron chi connectivity index (χ2n) is 8.78. The Bertz CT molecular complexity index is 1160. The summed E-state index contributed by atoms with van der Waals surface area (Å²) < 4.78 is 3.09. The van der Waals surface area contributed by atoms with E-state index in [0.29, 0.717) is 5.82 Å². The average molecular weight is 560 g/mol. The van der Waals surface area contributed by atoms with Gasteiger partial charge in [-0.05, 0) is 12.1 Å². The zero-order valence-corrected chi connectivity index (χ0v) is 20.7. The van der Waals surface area contributed by atoms with Gasteiger partial charge in [-0.2, -0.15) is 0 Å². The van der Waals surface area contributed by atoms with Crippen LogP contribution in [-0.4, -0.2) is 97.3 Å². The molecule has 36 heavy (non-hydrogen) atoms. The lowest BCUT2D eigenvalue weighted by atomic mass is 9.88. The summed E-state index contributed by atoms with van der Waals surface area (Å²) in [4.78, 5) is 45.5. The van der Waals surface area contributed by atoms with Crippen molar-refractivity contribution in [1.29, 1.82) is 0 Å². The second kappa shape index (κ2) is 8.67. The summed E-state index contributed by atoms with van der Waals surface area (Å²) in [7, 11) is 0. The highest BCUT2D eigenvalue weighted by molar-refractivity contribution is 6.67. The topological polar surface area (TPSA) is 156 Å². The molecule has 2 saturated heterocycles. The van der Waals surface area contributed by atoms with E-state index in [-0.39, 0.29) is 30.2 Å². The van der Waals surface area contributed by atoms with Crippen molar-refractivity contribution in [1.82, 2.24) is 25.8 Å². The van der Waals surface area contributed by atoms with Gasteiger partial charge < -0.3 is 30.5 Å². The molecule has 2 fully saturated rings. The third-order valence-corrected chi connectivity index (χ3v) is 6.87. The number of nitrogens with zero attached hydrogens (tertiary/aromatic N) is 3. The molecule has 4 heterocycles. The molecule has 5 N–H and O–H groups in total. The highest BCUT2D eigenvalue weighted by atomic mass is 35.6. The zero-order chi connectivity index (χ0) is 26.0. The number of aliphatic hydroxyl groups excluding tert-OH is 2. The van der Waals surface area contributed by atoms with E-state index >= 15 is 0 Å². The molecule has 5 atom stereocenters. The van der Waals surface area contributed by atoms with Crippen molar-refractivity contribution in [2.45, 2.75) is 33.7 Å². The second-order valence-corrected chi connectivity index (χ2v) is 11.3. The van der Waals surface area contributed by atoms with E-state index in [0.717, 1.165) is 4.90 Å². The van der Waals surface area contributed by atoms with Crippen molar-refractivity contribution in [2.75, 3.05) is 19.7 Å². The molecule has 12 nitrogen and oxygen atoms in total. The maximum absolute atomic E-state index is 13.0. The van der Waals surface area contributed by atoms with E-state index in [1.54, 1.807) is 24.3 Å². The average Bonchev–Trinajstić information content (AvgIpc) is 3.38. The van der Waals surface area contributed by atoms with Crippen LogP contribution in [0.2, 0.25) is 0 Å². The Morgan fingerprint density at radius 3 is 2.50 bits per heavy atom. The van der Waals surface area contributed by atoms with Crippen LogP contribution in [0, 0.1) is 0 Å². The van der Waals surface area contributed by atoms with Crippen LogP contribution in [0.5, 0.6) is 0 Å². The number of fused-ring (bicyclic) bond motifs is 1. The molecular formula is C21H21Cl3N6O6. The maximum atomic E-state index is 13.0. The Morgan fingerprint density at radius 2 is 1.89 bits per heavy atom. The smallest absolute Gasteiger partial charge is 0.414 e. The minimum atomic E-state index is -1.85. The van der Waals surface area contributed by atoms with Crippen LogP contribution in [0.1, 0.15) is 20.7 Å². The number of nitrogens with one attached hydrogen (secondary N) is 3. The Hall–Kier alpha value is -2.77. The lowest BCUT2D eigenvalue weighted by Gasteiger charge is -2.47. The number of ether oxygens (including phenoxy) is 1. The van der Waals surface area contributed by atoms with Gasteiger partial charge in [0.1, 0.15) is 18.8 Å². The first-order chi connectivity index (χ1) is 16.9. The van der Waals surface area contributed by atoms with Crippen molar-refractivity contribution in [3.8, 4) is 0 Å². The minimum Gasteiger partial charge on any atom is -0.445 e. The van der Waals surface area contributed by atoms with Gasteiger partial charge in [0.15, 0.2) is 5.66 Å². The van der Waals surface area contributed by atoms with Crippen LogP contribution in [0.3, 0.4) is 0 Å². The predicted octanol–water partition coefficient (Wildman–Crippen LogP) is -0.117. The number of alkyl carbamates (subject to hydrolysis) is 1. The number of aliphatic hydroxyl groups is 2. The van der Waals surface area contributed by atoms with Crippen molar-refractivity contribution in [2.24, 2.45) is 4.99 Å². The Balaban J connectivity index is 1.48.